The van der Waals surface area contributed by atoms with Crippen LogP contribution in [0.15, 0.2) is 6.07 Å². The van der Waals surface area contributed by atoms with Crippen molar-refractivity contribution < 1.29 is 0 Å². The fourth-order valence-corrected chi connectivity index (χ4v) is 2.70. The highest BCUT2D eigenvalue weighted by Gasteiger charge is 2.65. The maximum absolute atomic E-state index is 5.68. The van der Waals surface area contributed by atoms with E-state index in [1.54, 1.807) is 0 Å². The van der Waals surface area contributed by atoms with Crippen molar-refractivity contribution in [2.24, 2.45) is 10.8 Å². The zero-order chi connectivity index (χ0) is 11.4. The van der Waals surface area contributed by atoms with E-state index in [0.717, 1.165) is 11.4 Å². The third-order valence-corrected chi connectivity index (χ3v) is 4.21. The van der Waals surface area contributed by atoms with Crippen molar-refractivity contribution >= 4 is 5.95 Å². The molecule has 1 fully saturated rings. The first-order chi connectivity index (χ1) is 6.76. The van der Waals surface area contributed by atoms with Crippen molar-refractivity contribution in [1.29, 1.82) is 0 Å². The van der Waals surface area contributed by atoms with Gasteiger partial charge in [0.15, 0.2) is 0 Å². The minimum atomic E-state index is 0.306. The Hall–Kier alpha value is -1.12. The average Bonchev–Trinajstić information content (AvgIpc) is 2.39. The second-order valence-corrected chi connectivity index (χ2v) is 5.67. The predicted molar refractivity (Wildman–Crippen MR) is 61.5 cm³/mol. The van der Waals surface area contributed by atoms with Gasteiger partial charge >= 0.3 is 0 Å². The maximum atomic E-state index is 5.68. The first-order valence-electron chi connectivity index (χ1n) is 5.38. The Balaban J connectivity index is 2.41. The number of nitrogens with two attached hydrogens (primary N) is 1. The summed E-state index contributed by atoms with van der Waals surface area (Å²) in [6.07, 6.45) is 0. The van der Waals surface area contributed by atoms with Crippen LogP contribution in [0.5, 0.6) is 0 Å². The normalized spacial score (nSPS) is 22.7. The minimum absolute atomic E-state index is 0.306. The van der Waals surface area contributed by atoms with Gasteiger partial charge in [0, 0.05) is 11.6 Å². The number of hydrogen-bond acceptors (Lipinski definition) is 3. The largest absolute Gasteiger partial charge is 0.368 e. The first kappa shape index (κ1) is 10.4. The molecular formula is C12H19N3. The van der Waals surface area contributed by atoms with Crippen LogP contribution in [0.1, 0.15) is 45.0 Å². The third-order valence-electron chi connectivity index (χ3n) is 4.21. The Labute approximate surface area is 91.1 Å². The molecule has 1 aliphatic rings. The highest BCUT2D eigenvalue weighted by molar-refractivity contribution is 5.34. The molecule has 15 heavy (non-hydrogen) atoms. The van der Waals surface area contributed by atoms with E-state index in [1.807, 2.05) is 6.92 Å². The molecule has 2 N–H and O–H groups in total. The van der Waals surface area contributed by atoms with Crippen molar-refractivity contribution in [1.82, 2.24) is 9.97 Å². The van der Waals surface area contributed by atoms with Crippen LogP contribution < -0.4 is 5.73 Å². The number of aromatic nitrogens is 2. The topological polar surface area (TPSA) is 51.8 Å². The molecule has 0 amide bonds. The monoisotopic (exact) mass is 205 g/mol. The van der Waals surface area contributed by atoms with E-state index in [9.17, 15) is 0 Å². The molecule has 82 valence electrons. The lowest BCUT2D eigenvalue weighted by atomic mass is 10.0. The second kappa shape index (κ2) is 2.71. The van der Waals surface area contributed by atoms with E-state index in [2.05, 4.69) is 43.7 Å². The molecule has 0 aromatic carbocycles. The summed E-state index contributed by atoms with van der Waals surface area (Å²) in [6, 6.07) is 2.05. The third kappa shape index (κ3) is 1.33. The molecule has 1 saturated carbocycles. The molecular weight excluding hydrogens is 186 g/mol. The Morgan fingerprint density at radius 1 is 1.13 bits per heavy atom. The fourth-order valence-electron chi connectivity index (χ4n) is 2.70. The quantitative estimate of drug-likeness (QED) is 0.766. The van der Waals surface area contributed by atoms with Gasteiger partial charge in [-0.3, -0.25) is 0 Å². The Bertz CT molecular complexity index is 373. The zero-order valence-electron chi connectivity index (χ0n) is 10.1. The van der Waals surface area contributed by atoms with Crippen LogP contribution in [0.25, 0.3) is 0 Å². The van der Waals surface area contributed by atoms with Gasteiger partial charge in [-0.05, 0) is 23.8 Å². The number of aryl methyl sites for hydroxylation is 1. The van der Waals surface area contributed by atoms with E-state index in [-0.39, 0.29) is 0 Å². The summed E-state index contributed by atoms with van der Waals surface area (Å²) in [5.41, 5.74) is 8.34. The molecule has 3 nitrogen and oxygen atoms in total. The van der Waals surface area contributed by atoms with Gasteiger partial charge in [0.25, 0.3) is 0 Å². The van der Waals surface area contributed by atoms with Gasteiger partial charge < -0.3 is 5.73 Å². The molecule has 3 heteroatoms. The summed E-state index contributed by atoms with van der Waals surface area (Å²) in [5, 5.41) is 0. The van der Waals surface area contributed by atoms with E-state index in [1.165, 1.54) is 0 Å². The molecule has 0 aliphatic heterocycles. The molecule has 0 bridgehead atoms. The summed E-state index contributed by atoms with van der Waals surface area (Å²) in [4.78, 5) is 8.46. The van der Waals surface area contributed by atoms with E-state index in [4.69, 9.17) is 5.73 Å². The highest BCUT2D eigenvalue weighted by Crippen LogP contribution is 2.73. The van der Waals surface area contributed by atoms with Gasteiger partial charge in [-0.1, -0.05) is 27.7 Å². The van der Waals surface area contributed by atoms with Crippen molar-refractivity contribution in [2.75, 3.05) is 5.73 Å². The van der Waals surface area contributed by atoms with Gasteiger partial charge in [0.05, 0.1) is 5.69 Å². The molecule has 0 unspecified atom stereocenters. The number of nitrogens with zero attached hydrogens (tertiary/aromatic N) is 2. The number of hydrogen-bond donors (Lipinski definition) is 1. The Kier molecular flexibility index (Phi) is 1.88. The minimum Gasteiger partial charge on any atom is -0.368 e. The molecule has 0 saturated heterocycles. The molecule has 1 aromatic rings. The van der Waals surface area contributed by atoms with Crippen LogP contribution in [0.3, 0.4) is 0 Å². The summed E-state index contributed by atoms with van der Waals surface area (Å²) in [6.45, 7) is 11.1. The number of nitrogen functional groups attached to an aromatic ring is 1. The van der Waals surface area contributed by atoms with Crippen molar-refractivity contribution in [3.05, 3.63) is 17.5 Å². The predicted octanol–water partition coefficient (Wildman–Crippen LogP) is 2.52. The second-order valence-electron chi connectivity index (χ2n) is 5.67. The van der Waals surface area contributed by atoms with Gasteiger partial charge in [0.1, 0.15) is 0 Å². The van der Waals surface area contributed by atoms with Crippen LogP contribution in [0.2, 0.25) is 0 Å². The highest BCUT2D eigenvalue weighted by atomic mass is 15.0. The number of rotatable bonds is 1. The molecule has 1 aromatic heterocycles. The summed E-state index contributed by atoms with van der Waals surface area (Å²) < 4.78 is 0. The zero-order valence-corrected chi connectivity index (χ0v) is 10.1. The summed E-state index contributed by atoms with van der Waals surface area (Å²) in [7, 11) is 0. The van der Waals surface area contributed by atoms with Gasteiger partial charge in [-0.2, -0.15) is 0 Å². The lowest BCUT2D eigenvalue weighted by Crippen LogP contribution is -2.02. The smallest absolute Gasteiger partial charge is 0.220 e. The van der Waals surface area contributed by atoms with Crippen LogP contribution in [0.4, 0.5) is 5.95 Å². The fraction of sp³-hybridized carbons (Fsp3) is 0.667. The average molecular weight is 205 g/mol. The van der Waals surface area contributed by atoms with Gasteiger partial charge in [0.2, 0.25) is 5.95 Å². The molecule has 1 aliphatic carbocycles. The first-order valence-corrected chi connectivity index (χ1v) is 5.38. The molecule has 1 heterocycles. The lowest BCUT2D eigenvalue weighted by Gasteiger charge is -2.04. The number of anilines is 1. The van der Waals surface area contributed by atoms with Crippen LogP contribution in [0, 0.1) is 17.8 Å². The molecule has 2 rings (SSSR count). The van der Waals surface area contributed by atoms with Crippen LogP contribution in [-0.2, 0) is 0 Å². The summed E-state index contributed by atoms with van der Waals surface area (Å²) in [5.74, 6) is 0.887. The van der Waals surface area contributed by atoms with Crippen molar-refractivity contribution in [2.45, 2.75) is 40.5 Å². The van der Waals surface area contributed by atoms with E-state index < -0.39 is 0 Å². The SMILES string of the molecule is Cc1cc(C2C(C)(C)C2(C)C)nc(N)n1. The molecule has 0 spiro atoms. The standard InChI is InChI=1S/C12H19N3/c1-7-6-8(15-10(13)14-7)9-11(2,3)12(9,4)5/h6,9H,1-5H3,(H2,13,14,15). The van der Waals surface area contributed by atoms with Crippen molar-refractivity contribution in [3.8, 4) is 0 Å². The van der Waals surface area contributed by atoms with Crippen LogP contribution in [-0.4, -0.2) is 9.97 Å². The Morgan fingerprint density at radius 3 is 2.07 bits per heavy atom. The van der Waals surface area contributed by atoms with Gasteiger partial charge in [-0.25, -0.2) is 9.97 Å². The molecule has 0 atom stereocenters. The van der Waals surface area contributed by atoms with Gasteiger partial charge in [-0.15, -0.1) is 0 Å². The van der Waals surface area contributed by atoms with Crippen LogP contribution >= 0.6 is 0 Å². The Morgan fingerprint density at radius 2 is 1.67 bits per heavy atom. The van der Waals surface area contributed by atoms with E-state index >= 15 is 0 Å². The van der Waals surface area contributed by atoms with E-state index in [0.29, 0.717) is 22.7 Å². The maximum Gasteiger partial charge on any atom is 0.220 e. The molecule has 0 radical (unpaired) electrons. The summed E-state index contributed by atoms with van der Waals surface area (Å²) >= 11 is 0. The lowest BCUT2D eigenvalue weighted by molar-refractivity contribution is 0.457. The van der Waals surface area contributed by atoms with Crippen molar-refractivity contribution in [3.63, 3.8) is 0 Å².